The van der Waals surface area contributed by atoms with Crippen LogP contribution < -0.4 is 16.0 Å². The molecule has 0 saturated heterocycles. The Labute approximate surface area is 115 Å². The summed E-state index contributed by atoms with van der Waals surface area (Å²) in [6.45, 7) is 1.07. The number of carbonyl (C=O) groups excluding carboxylic acids is 2. The SMILES string of the molecule is CNC(=O)NC(=O)C(C)Nc1c(F)c(F)c(F)c(F)c1F. The monoisotopic (exact) mass is 311 g/mol. The lowest BCUT2D eigenvalue weighted by atomic mass is 10.2. The summed E-state index contributed by atoms with van der Waals surface area (Å²) < 4.78 is 65.5. The van der Waals surface area contributed by atoms with Gasteiger partial charge in [0.05, 0.1) is 0 Å². The third kappa shape index (κ3) is 3.38. The Morgan fingerprint density at radius 2 is 1.33 bits per heavy atom. The Morgan fingerprint density at radius 1 is 0.905 bits per heavy atom. The largest absolute Gasteiger partial charge is 0.369 e. The van der Waals surface area contributed by atoms with Gasteiger partial charge in [0.2, 0.25) is 11.7 Å². The number of halogens is 5. The van der Waals surface area contributed by atoms with E-state index in [9.17, 15) is 31.5 Å². The predicted octanol–water partition coefficient (Wildman–Crippen LogP) is 1.64. The van der Waals surface area contributed by atoms with Gasteiger partial charge in [0.1, 0.15) is 11.7 Å². The summed E-state index contributed by atoms with van der Waals surface area (Å²) in [7, 11) is 1.21. The highest BCUT2D eigenvalue weighted by Crippen LogP contribution is 2.27. The van der Waals surface area contributed by atoms with E-state index in [1.54, 1.807) is 5.32 Å². The van der Waals surface area contributed by atoms with E-state index in [4.69, 9.17) is 0 Å². The molecule has 3 N–H and O–H groups in total. The highest BCUT2D eigenvalue weighted by molar-refractivity contribution is 5.97. The molecule has 0 fully saturated rings. The molecule has 0 aromatic heterocycles. The summed E-state index contributed by atoms with van der Waals surface area (Å²) in [5, 5.41) is 5.65. The van der Waals surface area contributed by atoms with Crippen molar-refractivity contribution >= 4 is 17.6 Å². The first-order chi connectivity index (χ1) is 9.70. The van der Waals surface area contributed by atoms with Gasteiger partial charge < -0.3 is 10.6 Å². The van der Waals surface area contributed by atoms with E-state index in [2.05, 4.69) is 0 Å². The van der Waals surface area contributed by atoms with Crippen LogP contribution in [0.5, 0.6) is 0 Å². The molecule has 21 heavy (non-hydrogen) atoms. The fourth-order valence-corrected chi connectivity index (χ4v) is 1.30. The minimum Gasteiger partial charge on any atom is -0.369 e. The molecule has 0 bridgehead atoms. The van der Waals surface area contributed by atoms with Crippen LogP contribution >= 0.6 is 0 Å². The molecular weight excluding hydrogens is 301 g/mol. The first kappa shape index (κ1) is 16.7. The molecule has 0 radical (unpaired) electrons. The minimum atomic E-state index is -2.31. The Hall–Kier alpha value is -2.39. The highest BCUT2D eigenvalue weighted by Gasteiger charge is 2.27. The molecule has 5 nitrogen and oxygen atoms in total. The van der Waals surface area contributed by atoms with Gasteiger partial charge in [-0.3, -0.25) is 10.1 Å². The summed E-state index contributed by atoms with van der Waals surface area (Å²) in [6.07, 6.45) is 0. The average molecular weight is 311 g/mol. The molecule has 1 aromatic rings. The van der Waals surface area contributed by atoms with Crippen LogP contribution in [0.15, 0.2) is 0 Å². The van der Waals surface area contributed by atoms with Crippen molar-refractivity contribution in [2.45, 2.75) is 13.0 Å². The Bertz CT molecular complexity index is 565. The second-order valence-electron chi connectivity index (χ2n) is 3.88. The molecule has 1 rings (SSSR count). The van der Waals surface area contributed by atoms with Crippen LogP contribution in [0.2, 0.25) is 0 Å². The number of amides is 3. The molecule has 10 heteroatoms. The normalized spacial score (nSPS) is 11.8. The van der Waals surface area contributed by atoms with E-state index >= 15 is 0 Å². The third-order valence-corrected chi connectivity index (χ3v) is 2.43. The first-order valence-corrected chi connectivity index (χ1v) is 5.51. The number of benzene rings is 1. The average Bonchev–Trinajstić information content (AvgIpc) is 2.46. The van der Waals surface area contributed by atoms with Crippen LogP contribution in [0.1, 0.15) is 6.92 Å². The van der Waals surface area contributed by atoms with E-state index in [0.717, 1.165) is 6.92 Å². The maximum atomic E-state index is 13.4. The van der Waals surface area contributed by atoms with Crippen molar-refractivity contribution in [1.29, 1.82) is 0 Å². The summed E-state index contributed by atoms with van der Waals surface area (Å²) in [5.41, 5.74) is -1.36. The molecule has 0 aliphatic rings. The van der Waals surface area contributed by atoms with Crippen LogP contribution in [0.25, 0.3) is 0 Å². The molecule has 0 spiro atoms. The predicted molar refractivity (Wildman–Crippen MR) is 61.9 cm³/mol. The molecule has 3 amide bonds. The minimum absolute atomic E-state index is 0.897. The van der Waals surface area contributed by atoms with E-state index in [1.807, 2.05) is 10.6 Å². The highest BCUT2D eigenvalue weighted by atomic mass is 19.2. The van der Waals surface area contributed by atoms with Crippen LogP contribution in [0.3, 0.4) is 0 Å². The molecule has 0 saturated carbocycles. The van der Waals surface area contributed by atoms with Crippen LogP contribution in [0.4, 0.5) is 32.4 Å². The number of hydrogen-bond acceptors (Lipinski definition) is 3. The second-order valence-corrected chi connectivity index (χ2v) is 3.88. The van der Waals surface area contributed by atoms with Crippen LogP contribution in [-0.4, -0.2) is 25.0 Å². The fourth-order valence-electron chi connectivity index (χ4n) is 1.30. The molecule has 1 aromatic carbocycles. The van der Waals surface area contributed by atoms with Gasteiger partial charge in [0, 0.05) is 7.05 Å². The van der Waals surface area contributed by atoms with Crippen LogP contribution in [0, 0.1) is 29.1 Å². The van der Waals surface area contributed by atoms with Crippen molar-refractivity contribution in [1.82, 2.24) is 10.6 Å². The topological polar surface area (TPSA) is 70.2 Å². The van der Waals surface area contributed by atoms with Gasteiger partial charge >= 0.3 is 6.03 Å². The van der Waals surface area contributed by atoms with Crippen molar-refractivity contribution < 1.29 is 31.5 Å². The van der Waals surface area contributed by atoms with E-state index in [1.165, 1.54) is 7.05 Å². The molecule has 0 aliphatic heterocycles. The summed E-state index contributed by atoms with van der Waals surface area (Å²) in [6, 6.07) is -2.33. The Kier molecular flexibility index (Phi) is 5.06. The van der Waals surface area contributed by atoms with E-state index in [0.29, 0.717) is 0 Å². The van der Waals surface area contributed by atoms with Crippen molar-refractivity contribution in [3.8, 4) is 0 Å². The van der Waals surface area contributed by atoms with Gasteiger partial charge in [0.15, 0.2) is 23.3 Å². The number of anilines is 1. The van der Waals surface area contributed by atoms with Crippen molar-refractivity contribution in [2.75, 3.05) is 12.4 Å². The maximum Gasteiger partial charge on any atom is 0.321 e. The van der Waals surface area contributed by atoms with Gasteiger partial charge in [-0.05, 0) is 6.92 Å². The molecule has 1 unspecified atom stereocenters. The third-order valence-electron chi connectivity index (χ3n) is 2.43. The van der Waals surface area contributed by atoms with Crippen molar-refractivity contribution in [2.24, 2.45) is 0 Å². The standard InChI is InChI=1S/C11H10F5N3O2/c1-3(10(20)19-11(21)17-2)18-9-7(15)5(13)4(12)6(14)8(9)16/h3,18H,1-2H3,(H2,17,19,20,21). The summed E-state index contributed by atoms with van der Waals surface area (Å²) >= 11 is 0. The zero-order chi connectivity index (χ0) is 16.3. The van der Waals surface area contributed by atoms with Crippen LogP contribution in [-0.2, 0) is 4.79 Å². The number of imide groups is 1. The number of hydrogen-bond donors (Lipinski definition) is 3. The zero-order valence-corrected chi connectivity index (χ0v) is 10.8. The zero-order valence-electron chi connectivity index (χ0n) is 10.8. The number of rotatable bonds is 3. The quantitative estimate of drug-likeness (QED) is 0.451. The first-order valence-electron chi connectivity index (χ1n) is 5.51. The van der Waals surface area contributed by atoms with E-state index < -0.39 is 52.8 Å². The number of carbonyl (C=O) groups is 2. The molecule has 1 atom stereocenters. The fraction of sp³-hybridized carbons (Fsp3) is 0.273. The lowest BCUT2D eigenvalue weighted by Gasteiger charge is -2.16. The maximum absolute atomic E-state index is 13.4. The Morgan fingerprint density at radius 3 is 1.76 bits per heavy atom. The van der Waals surface area contributed by atoms with Crippen molar-refractivity contribution in [3.63, 3.8) is 0 Å². The van der Waals surface area contributed by atoms with Gasteiger partial charge in [-0.1, -0.05) is 0 Å². The van der Waals surface area contributed by atoms with Crippen molar-refractivity contribution in [3.05, 3.63) is 29.1 Å². The summed E-state index contributed by atoms with van der Waals surface area (Å²) in [5.74, 6) is -11.8. The van der Waals surface area contributed by atoms with E-state index in [-0.39, 0.29) is 0 Å². The molecule has 0 aliphatic carbocycles. The summed E-state index contributed by atoms with van der Waals surface area (Å²) in [4.78, 5) is 22.3. The second kappa shape index (κ2) is 6.37. The smallest absolute Gasteiger partial charge is 0.321 e. The Balaban J connectivity index is 3.03. The van der Waals surface area contributed by atoms with Gasteiger partial charge in [0.25, 0.3) is 0 Å². The molecule has 116 valence electrons. The lowest BCUT2D eigenvalue weighted by Crippen LogP contribution is -2.44. The number of nitrogens with one attached hydrogen (secondary N) is 3. The van der Waals surface area contributed by atoms with Gasteiger partial charge in [-0.2, -0.15) is 0 Å². The van der Waals surface area contributed by atoms with Gasteiger partial charge in [-0.25, -0.2) is 26.7 Å². The molecule has 0 heterocycles. The number of urea groups is 1. The van der Waals surface area contributed by atoms with Gasteiger partial charge in [-0.15, -0.1) is 0 Å². The molecular formula is C11H10F5N3O2. The lowest BCUT2D eigenvalue weighted by molar-refractivity contribution is -0.120.